The molecule has 2 aliphatic heterocycles. The molecule has 0 radical (unpaired) electrons. The van der Waals surface area contributed by atoms with Gasteiger partial charge >= 0.3 is 5.97 Å². The summed E-state index contributed by atoms with van der Waals surface area (Å²) in [5.41, 5.74) is 4.36. The monoisotopic (exact) mass is 497 g/mol. The van der Waals surface area contributed by atoms with Crippen molar-refractivity contribution < 1.29 is 19.4 Å². The number of amides is 1. The molecule has 1 N–H and O–H groups in total. The molecule has 0 aliphatic carbocycles. The van der Waals surface area contributed by atoms with Crippen LogP contribution in [0.15, 0.2) is 48.8 Å². The SMILES string of the molecule is CC1C(=O)N(C)Cc2c(-c3cccc4cc(-c5ccc(C(=O)O)nc5)ncc34)nc(C3CCOCC3)n21. The Bertz CT molecular complexity index is 1520. The fraction of sp³-hybridized carbons (Fsp3) is 0.321. The first kappa shape index (κ1) is 23.3. The molecule has 1 amide bonds. The van der Waals surface area contributed by atoms with Crippen molar-refractivity contribution in [2.45, 2.75) is 38.3 Å². The molecule has 37 heavy (non-hydrogen) atoms. The number of benzene rings is 1. The zero-order valence-electron chi connectivity index (χ0n) is 20.7. The standard InChI is InChI=1S/C28H27N5O4/c1-16-27(34)32(2)15-24-25(31-26(33(16)24)17-8-10-37-11-9-17)20-5-3-4-18-12-23(30-14-21(18)20)19-6-7-22(28(35)36)29-13-19/h3-7,12-14,16-17H,8-11,15H2,1-2H3,(H,35,36). The number of carboxylic acids is 1. The van der Waals surface area contributed by atoms with Crippen LogP contribution in [0.3, 0.4) is 0 Å². The molecule has 2 aliphatic rings. The molecule has 1 fully saturated rings. The summed E-state index contributed by atoms with van der Waals surface area (Å²) in [6, 6.07) is 11.0. The lowest BCUT2D eigenvalue weighted by atomic mass is 9.98. The fourth-order valence-electron chi connectivity index (χ4n) is 5.47. The molecule has 5 heterocycles. The lowest BCUT2D eigenvalue weighted by Gasteiger charge is -2.32. The van der Waals surface area contributed by atoms with E-state index >= 15 is 0 Å². The third-order valence-electron chi connectivity index (χ3n) is 7.43. The zero-order valence-corrected chi connectivity index (χ0v) is 20.7. The van der Waals surface area contributed by atoms with Gasteiger partial charge in [-0.3, -0.25) is 9.78 Å². The third kappa shape index (κ3) is 3.95. The van der Waals surface area contributed by atoms with Crippen LogP contribution < -0.4 is 0 Å². The molecule has 1 aromatic carbocycles. The number of fused-ring (bicyclic) bond motifs is 2. The van der Waals surface area contributed by atoms with Crippen molar-refractivity contribution in [1.82, 2.24) is 24.4 Å². The van der Waals surface area contributed by atoms with E-state index in [1.807, 2.05) is 38.4 Å². The first-order valence-corrected chi connectivity index (χ1v) is 12.4. The minimum atomic E-state index is -1.06. The molecule has 1 atom stereocenters. The summed E-state index contributed by atoms with van der Waals surface area (Å²) in [5, 5.41) is 11.1. The maximum absolute atomic E-state index is 12.9. The van der Waals surface area contributed by atoms with E-state index in [4.69, 9.17) is 14.8 Å². The van der Waals surface area contributed by atoms with Crippen molar-refractivity contribution in [1.29, 1.82) is 0 Å². The summed E-state index contributed by atoms with van der Waals surface area (Å²) in [4.78, 5) is 39.7. The number of rotatable bonds is 4. The minimum absolute atomic E-state index is 0.00519. The second-order valence-electron chi connectivity index (χ2n) is 9.73. The second kappa shape index (κ2) is 9.08. The normalized spacial score (nSPS) is 18.3. The highest BCUT2D eigenvalue weighted by atomic mass is 16.5. The Morgan fingerprint density at radius 3 is 2.65 bits per heavy atom. The predicted octanol–water partition coefficient (Wildman–Crippen LogP) is 4.29. The van der Waals surface area contributed by atoms with Gasteiger partial charge in [0, 0.05) is 55.1 Å². The number of imidazole rings is 1. The maximum Gasteiger partial charge on any atom is 0.354 e. The smallest absolute Gasteiger partial charge is 0.354 e. The van der Waals surface area contributed by atoms with Gasteiger partial charge in [0.1, 0.15) is 17.6 Å². The van der Waals surface area contributed by atoms with Gasteiger partial charge in [-0.1, -0.05) is 18.2 Å². The minimum Gasteiger partial charge on any atom is -0.477 e. The topological polar surface area (TPSA) is 110 Å². The number of aromatic carboxylic acids is 1. The number of carbonyl (C=O) groups is 2. The number of carboxylic acid groups (broad SMARTS) is 1. The van der Waals surface area contributed by atoms with E-state index < -0.39 is 5.97 Å². The van der Waals surface area contributed by atoms with Crippen LogP contribution in [0.25, 0.3) is 33.3 Å². The highest BCUT2D eigenvalue weighted by molar-refractivity contribution is 5.97. The summed E-state index contributed by atoms with van der Waals surface area (Å²) in [6.07, 6.45) is 5.15. The number of nitrogens with zero attached hydrogens (tertiary/aromatic N) is 5. The number of ether oxygens (including phenoxy) is 1. The molecule has 0 spiro atoms. The maximum atomic E-state index is 12.9. The largest absolute Gasteiger partial charge is 0.477 e. The molecular weight excluding hydrogens is 470 g/mol. The summed E-state index contributed by atoms with van der Waals surface area (Å²) in [7, 11) is 1.84. The van der Waals surface area contributed by atoms with Crippen molar-refractivity contribution in [2.75, 3.05) is 20.3 Å². The van der Waals surface area contributed by atoms with Gasteiger partial charge in [0.15, 0.2) is 0 Å². The average molecular weight is 498 g/mol. The molecule has 0 bridgehead atoms. The summed E-state index contributed by atoms with van der Waals surface area (Å²) in [5.74, 6) is 0.249. The molecule has 6 rings (SSSR count). The van der Waals surface area contributed by atoms with Crippen LogP contribution in [0.1, 0.15) is 53.7 Å². The molecule has 4 aromatic rings. The Labute approximate surface area is 213 Å². The number of likely N-dealkylation sites (N-methyl/N-ethyl adjacent to an activating group) is 1. The number of hydrogen-bond donors (Lipinski definition) is 1. The summed E-state index contributed by atoms with van der Waals surface area (Å²) in [6.45, 7) is 3.86. The number of carbonyl (C=O) groups excluding carboxylic acids is 1. The first-order valence-electron chi connectivity index (χ1n) is 12.4. The van der Waals surface area contributed by atoms with Crippen LogP contribution >= 0.6 is 0 Å². The van der Waals surface area contributed by atoms with Gasteiger partial charge in [0.05, 0.1) is 23.6 Å². The molecular formula is C28H27N5O4. The molecule has 9 nitrogen and oxygen atoms in total. The van der Waals surface area contributed by atoms with Gasteiger partial charge in [-0.15, -0.1) is 0 Å². The van der Waals surface area contributed by atoms with E-state index in [9.17, 15) is 9.59 Å². The van der Waals surface area contributed by atoms with E-state index in [0.717, 1.165) is 52.0 Å². The quantitative estimate of drug-likeness (QED) is 0.448. The Hall–Kier alpha value is -4.11. The van der Waals surface area contributed by atoms with Crippen LogP contribution in [0.2, 0.25) is 0 Å². The fourth-order valence-corrected chi connectivity index (χ4v) is 5.47. The van der Waals surface area contributed by atoms with Crippen LogP contribution in [-0.2, 0) is 16.1 Å². The summed E-state index contributed by atoms with van der Waals surface area (Å²) < 4.78 is 7.75. The molecule has 3 aromatic heterocycles. The van der Waals surface area contributed by atoms with Crippen molar-refractivity contribution >= 4 is 22.6 Å². The van der Waals surface area contributed by atoms with Crippen LogP contribution in [0, 0.1) is 0 Å². The van der Waals surface area contributed by atoms with E-state index in [2.05, 4.69) is 20.6 Å². The van der Waals surface area contributed by atoms with Gasteiger partial charge < -0.3 is 19.3 Å². The predicted molar refractivity (Wildman–Crippen MR) is 137 cm³/mol. The van der Waals surface area contributed by atoms with Crippen molar-refractivity contribution in [3.8, 4) is 22.5 Å². The van der Waals surface area contributed by atoms with Crippen LogP contribution in [0.5, 0.6) is 0 Å². The van der Waals surface area contributed by atoms with Crippen LogP contribution in [-0.4, -0.2) is 61.7 Å². The molecule has 1 saturated heterocycles. The van der Waals surface area contributed by atoms with Gasteiger partial charge in [-0.05, 0) is 43.4 Å². The van der Waals surface area contributed by atoms with E-state index in [1.54, 1.807) is 11.0 Å². The highest BCUT2D eigenvalue weighted by Gasteiger charge is 2.36. The lowest BCUT2D eigenvalue weighted by Crippen LogP contribution is -2.40. The molecule has 1 unspecified atom stereocenters. The van der Waals surface area contributed by atoms with Gasteiger partial charge in [-0.25, -0.2) is 14.8 Å². The Balaban J connectivity index is 1.47. The van der Waals surface area contributed by atoms with Gasteiger partial charge in [-0.2, -0.15) is 0 Å². The first-order chi connectivity index (χ1) is 17.9. The molecule has 0 saturated carbocycles. The lowest BCUT2D eigenvalue weighted by molar-refractivity contribution is -0.135. The number of aromatic nitrogens is 4. The third-order valence-corrected chi connectivity index (χ3v) is 7.43. The van der Waals surface area contributed by atoms with E-state index in [1.165, 1.54) is 12.3 Å². The van der Waals surface area contributed by atoms with Gasteiger partial charge in [0.25, 0.3) is 0 Å². The highest BCUT2D eigenvalue weighted by Crippen LogP contribution is 2.39. The Morgan fingerprint density at radius 1 is 1.11 bits per heavy atom. The van der Waals surface area contributed by atoms with Crippen molar-refractivity contribution in [3.05, 3.63) is 66.0 Å². The van der Waals surface area contributed by atoms with Crippen LogP contribution in [0.4, 0.5) is 0 Å². The number of pyridine rings is 2. The van der Waals surface area contributed by atoms with Gasteiger partial charge in [0.2, 0.25) is 5.91 Å². The van der Waals surface area contributed by atoms with Crippen molar-refractivity contribution in [3.63, 3.8) is 0 Å². The Kier molecular flexibility index (Phi) is 5.72. The molecule has 188 valence electrons. The second-order valence-corrected chi connectivity index (χ2v) is 9.73. The molecule has 9 heteroatoms. The zero-order chi connectivity index (χ0) is 25.7. The Morgan fingerprint density at radius 2 is 1.92 bits per heavy atom. The summed E-state index contributed by atoms with van der Waals surface area (Å²) >= 11 is 0. The average Bonchev–Trinajstić information content (AvgIpc) is 3.30. The van der Waals surface area contributed by atoms with E-state index in [-0.39, 0.29) is 23.6 Å². The number of hydrogen-bond acceptors (Lipinski definition) is 6. The van der Waals surface area contributed by atoms with Crippen molar-refractivity contribution in [2.24, 2.45) is 0 Å². The van der Waals surface area contributed by atoms with E-state index in [0.29, 0.717) is 25.5 Å².